The Morgan fingerprint density at radius 1 is 0.864 bits per heavy atom. The van der Waals surface area contributed by atoms with Gasteiger partial charge in [0.15, 0.2) is 0 Å². The molecule has 232 valence electrons. The fourth-order valence-corrected chi connectivity index (χ4v) is 10.6. The van der Waals surface area contributed by atoms with Crippen molar-refractivity contribution in [3.63, 3.8) is 0 Å². The molecular formula is C37H45N3O2S2. The van der Waals surface area contributed by atoms with Crippen LogP contribution in [-0.2, 0) is 12.0 Å². The maximum absolute atomic E-state index is 11.1. The lowest BCUT2D eigenvalue weighted by molar-refractivity contribution is 0.0545. The first kappa shape index (κ1) is 30.2. The van der Waals surface area contributed by atoms with Gasteiger partial charge in [-0.05, 0) is 104 Å². The number of nitrogens with zero attached hydrogens (tertiary/aromatic N) is 3. The second kappa shape index (κ2) is 13.1. The molecule has 1 saturated carbocycles. The topological polar surface area (TPSA) is 47.0 Å². The van der Waals surface area contributed by atoms with Crippen molar-refractivity contribution in [3.8, 4) is 0 Å². The van der Waals surface area contributed by atoms with E-state index in [-0.39, 0.29) is 0 Å². The van der Waals surface area contributed by atoms with Crippen molar-refractivity contribution in [2.75, 3.05) is 44.2 Å². The van der Waals surface area contributed by atoms with E-state index < -0.39 is 5.97 Å². The second-order valence-electron chi connectivity index (χ2n) is 13.2. The molecule has 3 aromatic carbocycles. The summed E-state index contributed by atoms with van der Waals surface area (Å²) >= 11 is 3.79. The number of anilines is 1. The van der Waals surface area contributed by atoms with Gasteiger partial charge >= 0.3 is 5.97 Å². The van der Waals surface area contributed by atoms with E-state index in [4.69, 9.17) is 5.11 Å². The van der Waals surface area contributed by atoms with Gasteiger partial charge in [-0.25, -0.2) is 4.79 Å². The van der Waals surface area contributed by atoms with Crippen LogP contribution in [0.25, 0.3) is 0 Å². The zero-order valence-electron chi connectivity index (χ0n) is 25.9. The Labute approximate surface area is 271 Å². The lowest BCUT2D eigenvalue weighted by Crippen LogP contribution is -2.56. The first-order valence-electron chi connectivity index (χ1n) is 16.6. The van der Waals surface area contributed by atoms with Gasteiger partial charge in [-0.3, -0.25) is 9.21 Å². The van der Waals surface area contributed by atoms with E-state index in [1.807, 2.05) is 12.1 Å². The molecule has 1 atom stereocenters. The number of fused-ring (bicyclic) bond motifs is 1. The molecular weight excluding hydrogens is 583 g/mol. The monoisotopic (exact) mass is 627 g/mol. The van der Waals surface area contributed by atoms with E-state index in [1.54, 1.807) is 35.0 Å². The molecule has 3 heterocycles. The molecule has 44 heavy (non-hydrogen) atoms. The molecule has 4 aliphatic rings. The highest BCUT2D eigenvalue weighted by Crippen LogP contribution is 2.53. The third-order valence-corrected chi connectivity index (χ3v) is 13.1. The Hall–Kier alpha value is -2.45. The quantitative estimate of drug-likeness (QED) is 0.241. The summed E-state index contributed by atoms with van der Waals surface area (Å²) in [5, 5.41) is 9.79. The summed E-state index contributed by atoms with van der Waals surface area (Å²) in [5.41, 5.74) is 5.25. The SMILES string of the molecule is CCN1Cc2ccccc2C(C2CCCC2)(C2CCN(SC3CN(c4ccc(Sc5ccc(C(=O)O)cc5)cc4)C3)CC2)C1. The standard InChI is InChI=1S/C37H45N3O2S2/c1-2-38-23-28-7-3-6-10-35(28)37(26-38,29-8-4-5-9-29)30-19-21-40(22-20-30)44-34-24-39(25-34)31-13-17-33(18-14-31)43-32-15-11-27(12-16-32)36(41)42/h3,6-7,10-18,29-30,34H,2,4-5,8-9,19-26H2,1H3,(H,41,42). The molecule has 3 aromatic rings. The molecule has 5 nitrogen and oxygen atoms in total. The van der Waals surface area contributed by atoms with Crippen LogP contribution in [0.5, 0.6) is 0 Å². The maximum Gasteiger partial charge on any atom is 0.335 e. The van der Waals surface area contributed by atoms with Crippen LogP contribution < -0.4 is 4.90 Å². The summed E-state index contributed by atoms with van der Waals surface area (Å²) in [6.45, 7) is 10.5. The van der Waals surface area contributed by atoms with Crippen molar-refractivity contribution >= 4 is 35.4 Å². The minimum atomic E-state index is -0.886. The third kappa shape index (κ3) is 6.05. The molecule has 7 heteroatoms. The van der Waals surface area contributed by atoms with Gasteiger partial charge in [0, 0.05) is 60.2 Å². The molecule has 1 aliphatic carbocycles. The van der Waals surface area contributed by atoms with Gasteiger partial charge in [0.05, 0.1) is 10.8 Å². The highest BCUT2D eigenvalue weighted by molar-refractivity contribution is 7.99. The van der Waals surface area contributed by atoms with E-state index in [0.29, 0.717) is 16.2 Å². The number of carbonyl (C=O) groups is 1. The van der Waals surface area contributed by atoms with Crippen molar-refractivity contribution < 1.29 is 9.90 Å². The predicted octanol–water partition coefficient (Wildman–Crippen LogP) is 8.05. The Kier molecular flexibility index (Phi) is 9.01. The summed E-state index contributed by atoms with van der Waals surface area (Å²) in [6, 6.07) is 25.4. The third-order valence-electron chi connectivity index (χ3n) is 10.8. The highest BCUT2D eigenvalue weighted by Gasteiger charge is 2.51. The molecule has 0 aromatic heterocycles. The van der Waals surface area contributed by atoms with Crippen LogP contribution in [0.4, 0.5) is 5.69 Å². The molecule has 0 amide bonds. The molecule has 7 rings (SSSR count). The molecule has 0 spiro atoms. The summed E-state index contributed by atoms with van der Waals surface area (Å²) in [7, 11) is 0. The van der Waals surface area contributed by atoms with Crippen LogP contribution in [0.1, 0.15) is 66.9 Å². The summed E-state index contributed by atoms with van der Waals surface area (Å²) in [4.78, 5) is 18.6. The fourth-order valence-electron chi connectivity index (χ4n) is 8.49. The van der Waals surface area contributed by atoms with E-state index in [0.717, 1.165) is 42.9 Å². The largest absolute Gasteiger partial charge is 0.478 e. The van der Waals surface area contributed by atoms with E-state index in [1.165, 1.54) is 68.7 Å². The molecule has 2 saturated heterocycles. The fraction of sp³-hybridized carbons (Fsp3) is 0.486. The average molecular weight is 628 g/mol. The molecule has 1 unspecified atom stereocenters. The maximum atomic E-state index is 11.1. The Balaban J connectivity index is 0.934. The van der Waals surface area contributed by atoms with Crippen molar-refractivity contribution in [1.29, 1.82) is 0 Å². The first-order chi connectivity index (χ1) is 21.5. The number of rotatable bonds is 9. The van der Waals surface area contributed by atoms with Crippen LogP contribution in [0.3, 0.4) is 0 Å². The molecule has 0 radical (unpaired) electrons. The first-order valence-corrected chi connectivity index (χ1v) is 18.3. The minimum absolute atomic E-state index is 0.325. The average Bonchev–Trinajstić information content (AvgIpc) is 3.59. The zero-order valence-corrected chi connectivity index (χ0v) is 27.5. The van der Waals surface area contributed by atoms with Gasteiger partial charge < -0.3 is 10.0 Å². The molecule has 1 N–H and O–H groups in total. The molecule has 0 bridgehead atoms. The molecule has 3 fully saturated rings. The van der Waals surface area contributed by atoms with Gasteiger partial charge in [-0.2, -0.15) is 0 Å². The number of hydrogen-bond donors (Lipinski definition) is 1. The summed E-state index contributed by atoms with van der Waals surface area (Å²) < 4.78 is 2.70. The van der Waals surface area contributed by atoms with Crippen molar-refractivity contribution in [2.24, 2.45) is 11.8 Å². The van der Waals surface area contributed by atoms with Gasteiger partial charge in [-0.15, -0.1) is 0 Å². The molecule has 3 aliphatic heterocycles. The normalized spacial score (nSPS) is 23.9. The lowest BCUT2D eigenvalue weighted by Gasteiger charge is -2.54. The Morgan fingerprint density at radius 3 is 2.16 bits per heavy atom. The van der Waals surface area contributed by atoms with Crippen LogP contribution in [-0.4, -0.2) is 64.8 Å². The van der Waals surface area contributed by atoms with Crippen LogP contribution in [0.2, 0.25) is 0 Å². The number of piperidine rings is 1. The number of aromatic carboxylic acids is 1. The summed E-state index contributed by atoms with van der Waals surface area (Å²) in [5.74, 6) is 0.732. The van der Waals surface area contributed by atoms with Crippen molar-refractivity contribution in [1.82, 2.24) is 9.21 Å². The van der Waals surface area contributed by atoms with Gasteiger partial charge in [-0.1, -0.05) is 67.7 Å². The van der Waals surface area contributed by atoms with Crippen molar-refractivity contribution in [3.05, 3.63) is 89.5 Å². The highest BCUT2D eigenvalue weighted by atomic mass is 32.2. The van der Waals surface area contributed by atoms with Crippen LogP contribution >= 0.6 is 23.7 Å². The lowest BCUT2D eigenvalue weighted by atomic mass is 9.57. The Bertz CT molecular complexity index is 1430. The Morgan fingerprint density at radius 2 is 1.50 bits per heavy atom. The van der Waals surface area contributed by atoms with E-state index in [2.05, 4.69) is 81.5 Å². The van der Waals surface area contributed by atoms with Gasteiger partial charge in [0.25, 0.3) is 0 Å². The van der Waals surface area contributed by atoms with E-state index >= 15 is 0 Å². The van der Waals surface area contributed by atoms with Crippen LogP contribution in [0, 0.1) is 11.8 Å². The summed E-state index contributed by atoms with van der Waals surface area (Å²) in [6.07, 6.45) is 8.31. The number of hydrogen-bond acceptors (Lipinski definition) is 6. The van der Waals surface area contributed by atoms with Crippen LogP contribution in [0.15, 0.2) is 82.6 Å². The number of carboxylic acids is 1. The second-order valence-corrected chi connectivity index (χ2v) is 15.8. The smallest absolute Gasteiger partial charge is 0.335 e. The van der Waals surface area contributed by atoms with E-state index in [9.17, 15) is 4.79 Å². The number of likely N-dealkylation sites (N-methyl/N-ethyl adjacent to an activating group) is 1. The number of carboxylic acid groups (broad SMARTS) is 1. The van der Waals surface area contributed by atoms with Gasteiger partial charge in [0.2, 0.25) is 0 Å². The van der Waals surface area contributed by atoms with Crippen molar-refractivity contribution in [2.45, 2.75) is 72.4 Å². The van der Waals surface area contributed by atoms with Gasteiger partial charge in [0.1, 0.15) is 0 Å². The predicted molar refractivity (Wildman–Crippen MR) is 183 cm³/mol. The zero-order chi connectivity index (χ0) is 30.1. The minimum Gasteiger partial charge on any atom is -0.478 e. The number of benzene rings is 3.